The van der Waals surface area contributed by atoms with Gasteiger partial charge in [0, 0.05) is 36.1 Å². The van der Waals surface area contributed by atoms with Gasteiger partial charge in [-0.05, 0) is 48.6 Å². The fourth-order valence-electron chi connectivity index (χ4n) is 1.91. The van der Waals surface area contributed by atoms with Crippen molar-refractivity contribution in [3.8, 4) is 0 Å². The Morgan fingerprint density at radius 2 is 1.94 bits per heavy atom. The van der Waals surface area contributed by atoms with E-state index >= 15 is 0 Å². The van der Waals surface area contributed by atoms with Gasteiger partial charge in [0.25, 0.3) is 0 Å². The molecule has 0 spiro atoms. The number of thioether (sulfide) groups is 1. The first kappa shape index (κ1) is 13.1. The summed E-state index contributed by atoms with van der Waals surface area (Å²) in [5.41, 5.74) is 2.51. The fourth-order valence-corrected chi connectivity index (χ4v) is 2.31. The van der Waals surface area contributed by atoms with E-state index in [4.69, 9.17) is 0 Å². The maximum Gasteiger partial charge on any atom is 0.0415 e. The van der Waals surface area contributed by atoms with Crippen LogP contribution in [-0.2, 0) is 13.1 Å². The predicted octanol–water partition coefficient (Wildman–Crippen LogP) is 4.23. The molecule has 96 valence electrons. The molecule has 1 heterocycles. The summed E-state index contributed by atoms with van der Waals surface area (Å²) in [6, 6.07) is 10.7. The van der Waals surface area contributed by atoms with Gasteiger partial charge in [-0.1, -0.05) is 6.92 Å². The molecule has 18 heavy (non-hydrogen) atoms. The maximum absolute atomic E-state index is 3.45. The van der Waals surface area contributed by atoms with Crippen LogP contribution in [0.1, 0.15) is 18.9 Å². The lowest BCUT2D eigenvalue weighted by atomic mass is 10.3. The molecule has 0 radical (unpaired) electrons. The summed E-state index contributed by atoms with van der Waals surface area (Å²) in [5.74, 6) is 0. The Labute approximate surface area is 113 Å². The van der Waals surface area contributed by atoms with Gasteiger partial charge in [-0.25, -0.2) is 0 Å². The summed E-state index contributed by atoms with van der Waals surface area (Å²) in [5, 5.41) is 3.45. The molecular formula is C15H20N2S. The molecule has 3 heteroatoms. The molecule has 0 amide bonds. The van der Waals surface area contributed by atoms with Crippen LogP contribution in [0.25, 0.3) is 0 Å². The van der Waals surface area contributed by atoms with E-state index in [0.717, 1.165) is 13.1 Å². The van der Waals surface area contributed by atoms with Gasteiger partial charge >= 0.3 is 0 Å². The van der Waals surface area contributed by atoms with Crippen LogP contribution in [0, 0.1) is 0 Å². The first-order chi connectivity index (χ1) is 8.81. The van der Waals surface area contributed by atoms with Crippen molar-refractivity contribution in [1.82, 2.24) is 4.57 Å². The minimum absolute atomic E-state index is 0.884. The number of anilines is 1. The number of rotatable bonds is 6. The van der Waals surface area contributed by atoms with Crippen LogP contribution >= 0.6 is 11.8 Å². The molecular weight excluding hydrogens is 240 g/mol. The van der Waals surface area contributed by atoms with Crippen molar-refractivity contribution in [2.24, 2.45) is 0 Å². The van der Waals surface area contributed by atoms with Gasteiger partial charge in [0.05, 0.1) is 0 Å². The van der Waals surface area contributed by atoms with E-state index in [-0.39, 0.29) is 0 Å². The monoisotopic (exact) mass is 260 g/mol. The summed E-state index contributed by atoms with van der Waals surface area (Å²) in [7, 11) is 0. The molecule has 1 aromatic heterocycles. The summed E-state index contributed by atoms with van der Waals surface area (Å²) in [4.78, 5) is 1.30. The van der Waals surface area contributed by atoms with Gasteiger partial charge in [0.15, 0.2) is 0 Å². The average Bonchev–Trinajstić information content (AvgIpc) is 2.85. The molecule has 0 bridgehead atoms. The van der Waals surface area contributed by atoms with Crippen LogP contribution < -0.4 is 5.32 Å². The van der Waals surface area contributed by atoms with Crippen LogP contribution in [0.5, 0.6) is 0 Å². The van der Waals surface area contributed by atoms with Crippen LogP contribution in [0.3, 0.4) is 0 Å². The summed E-state index contributed by atoms with van der Waals surface area (Å²) in [6.45, 7) is 4.18. The van der Waals surface area contributed by atoms with E-state index in [9.17, 15) is 0 Å². The first-order valence-electron chi connectivity index (χ1n) is 6.34. The lowest BCUT2D eigenvalue weighted by Gasteiger charge is -2.05. The van der Waals surface area contributed by atoms with Gasteiger partial charge < -0.3 is 9.88 Å². The molecule has 0 saturated heterocycles. The largest absolute Gasteiger partial charge is 0.381 e. The van der Waals surface area contributed by atoms with Crippen molar-refractivity contribution in [2.45, 2.75) is 31.3 Å². The average molecular weight is 260 g/mol. The zero-order valence-electron chi connectivity index (χ0n) is 11.0. The van der Waals surface area contributed by atoms with Gasteiger partial charge in [0.1, 0.15) is 0 Å². The zero-order valence-corrected chi connectivity index (χ0v) is 11.8. The third kappa shape index (κ3) is 3.57. The third-order valence-electron chi connectivity index (χ3n) is 2.88. The number of aryl methyl sites for hydroxylation is 1. The van der Waals surface area contributed by atoms with E-state index < -0.39 is 0 Å². The Bertz CT molecular complexity index is 473. The maximum atomic E-state index is 3.45. The van der Waals surface area contributed by atoms with E-state index in [2.05, 4.69) is 65.8 Å². The van der Waals surface area contributed by atoms with Gasteiger partial charge in [-0.3, -0.25) is 0 Å². The van der Waals surface area contributed by atoms with E-state index in [0.29, 0.717) is 0 Å². The third-order valence-corrected chi connectivity index (χ3v) is 3.62. The molecule has 2 rings (SSSR count). The molecule has 1 aromatic carbocycles. The molecule has 1 N–H and O–H groups in total. The lowest BCUT2D eigenvalue weighted by molar-refractivity contribution is 0.682. The normalized spacial score (nSPS) is 10.6. The second-order valence-electron chi connectivity index (χ2n) is 4.34. The number of hydrogen-bond donors (Lipinski definition) is 1. The van der Waals surface area contributed by atoms with Crippen LogP contribution in [0.15, 0.2) is 47.6 Å². The van der Waals surface area contributed by atoms with Crippen molar-refractivity contribution in [3.05, 3.63) is 48.3 Å². The van der Waals surface area contributed by atoms with Crippen LogP contribution in [0.2, 0.25) is 0 Å². The zero-order chi connectivity index (χ0) is 12.8. The Hall–Kier alpha value is -1.35. The minimum Gasteiger partial charge on any atom is -0.381 e. The Kier molecular flexibility index (Phi) is 4.76. The highest BCUT2D eigenvalue weighted by atomic mass is 32.2. The number of nitrogens with zero attached hydrogens (tertiary/aromatic N) is 1. The van der Waals surface area contributed by atoms with Crippen LogP contribution in [-0.4, -0.2) is 10.8 Å². The molecule has 0 atom stereocenters. The van der Waals surface area contributed by atoms with Gasteiger partial charge in [0.2, 0.25) is 0 Å². The summed E-state index contributed by atoms with van der Waals surface area (Å²) >= 11 is 1.77. The number of benzene rings is 1. The van der Waals surface area contributed by atoms with Gasteiger partial charge in [-0.2, -0.15) is 0 Å². The standard InChI is InChI=1S/C15H20N2S/c1-3-9-17-10-8-13(12-17)11-16-14-4-6-15(18-2)7-5-14/h4-8,10,12,16H,3,9,11H2,1-2H3. The van der Waals surface area contributed by atoms with E-state index in [1.807, 2.05) is 0 Å². The Morgan fingerprint density at radius 1 is 1.17 bits per heavy atom. The second kappa shape index (κ2) is 6.55. The van der Waals surface area contributed by atoms with E-state index in [1.165, 1.54) is 22.6 Å². The molecule has 0 saturated carbocycles. The van der Waals surface area contributed by atoms with Gasteiger partial charge in [-0.15, -0.1) is 11.8 Å². The van der Waals surface area contributed by atoms with Crippen molar-refractivity contribution >= 4 is 17.4 Å². The molecule has 0 aliphatic carbocycles. The second-order valence-corrected chi connectivity index (χ2v) is 5.22. The molecule has 2 nitrogen and oxygen atoms in total. The highest BCUT2D eigenvalue weighted by Crippen LogP contribution is 2.18. The Morgan fingerprint density at radius 3 is 2.61 bits per heavy atom. The topological polar surface area (TPSA) is 17.0 Å². The molecule has 0 aliphatic rings. The minimum atomic E-state index is 0.884. The fraction of sp³-hybridized carbons (Fsp3) is 0.333. The summed E-state index contributed by atoms with van der Waals surface area (Å²) < 4.78 is 2.24. The SMILES string of the molecule is CCCn1ccc(CNc2ccc(SC)cc2)c1. The molecule has 2 aromatic rings. The van der Waals surface area contributed by atoms with Crippen molar-refractivity contribution in [3.63, 3.8) is 0 Å². The van der Waals surface area contributed by atoms with Crippen molar-refractivity contribution in [2.75, 3.05) is 11.6 Å². The molecule has 0 fully saturated rings. The highest BCUT2D eigenvalue weighted by Gasteiger charge is 1.97. The first-order valence-corrected chi connectivity index (χ1v) is 7.57. The predicted molar refractivity (Wildman–Crippen MR) is 80.3 cm³/mol. The summed E-state index contributed by atoms with van der Waals surface area (Å²) in [6.07, 6.45) is 7.64. The number of aromatic nitrogens is 1. The quantitative estimate of drug-likeness (QED) is 0.783. The van der Waals surface area contributed by atoms with E-state index in [1.54, 1.807) is 11.8 Å². The highest BCUT2D eigenvalue weighted by molar-refractivity contribution is 7.98. The smallest absolute Gasteiger partial charge is 0.0415 e. The lowest BCUT2D eigenvalue weighted by Crippen LogP contribution is -1.98. The molecule has 0 unspecified atom stereocenters. The Balaban J connectivity index is 1.89. The van der Waals surface area contributed by atoms with Crippen molar-refractivity contribution in [1.29, 1.82) is 0 Å². The number of nitrogens with one attached hydrogen (secondary N) is 1. The van der Waals surface area contributed by atoms with Crippen LogP contribution in [0.4, 0.5) is 5.69 Å². The number of hydrogen-bond acceptors (Lipinski definition) is 2. The van der Waals surface area contributed by atoms with Crippen molar-refractivity contribution < 1.29 is 0 Å². The molecule has 0 aliphatic heterocycles.